The van der Waals surface area contributed by atoms with Crippen molar-refractivity contribution >= 4 is 0 Å². The second-order valence-corrected chi connectivity index (χ2v) is 4.01. The van der Waals surface area contributed by atoms with E-state index in [9.17, 15) is 26.3 Å². The highest BCUT2D eigenvalue weighted by molar-refractivity contribution is 5.72. The van der Waals surface area contributed by atoms with Crippen molar-refractivity contribution in [1.82, 2.24) is 0 Å². The number of hydrogen-bond donors (Lipinski definition) is 0. The van der Waals surface area contributed by atoms with Crippen LogP contribution in [-0.4, -0.2) is 0 Å². The monoisotopic (exact) mass is 289 g/mol. The van der Waals surface area contributed by atoms with Crippen LogP contribution in [-0.2, 0) is 12.4 Å². The zero-order chi connectivity index (χ0) is 15.0. The molecule has 2 rings (SSSR count). The molecule has 0 amide bonds. The average Bonchev–Trinajstić information content (AvgIpc) is 2.37. The molecule has 0 heterocycles. The van der Waals surface area contributed by atoms with Crippen molar-refractivity contribution in [3.63, 3.8) is 0 Å². The van der Waals surface area contributed by atoms with Crippen LogP contribution in [0, 0.1) is 6.07 Å². The van der Waals surface area contributed by atoms with E-state index in [1.807, 2.05) is 0 Å². The molecule has 0 aliphatic carbocycles. The summed E-state index contributed by atoms with van der Waals surface area (Å²) in [5.74, 6) is 0. The fourth-order valence-corrected chi connectivity index (χ4v) is 1.89. The first-order valence-electron chi connectivity index (χ1n) is 5.45. The van der Waals surface area contributed by atoms with Gasteiger partial charge in [-0.1, -0.05) is 30.3 Å². The van der Waals surface area contributed by atoms with Gasteiger partial charge in [-0.05, 0) is 23.8 Å². The summed E-state index contributed by atoms with van der Waals surface area (Å²) in [5, 5.41) is 0. The number of rotatable bonds is 1. The van der Waals surface area contributed by atoms with E-state index >= 15 is 0 Å². The predicted octanol–water partition coefficient (Wildman–Crippen LogP) is 5.19. The van der Waals surface area contributed by atoms with Crippen LogP contribution in [0.2, 0.25) is 0 Å². The first kappa shape index (κ1) is 14.4. The molecule has 0 nitrogen and oxygen atoms in total. The third-order valence-electron chi connectivity index (χ3n) is 2.68. The summed E-state index contributed by atoms with van der Waals surface area (Å²) in [7, 11) is 0. The molecule has 0 spiro atoms. The molecule has 0 fully saturated rings. The Morgan fingerprint density at radius 1 is 0.700 bits per heavy atom. The van der Waals surface area contributed by atoms with Gasteiger partial charge in [0.05, 0.1) is 11.1 Å². The second-order valence-electron chi connectivity index (χ2n) is 4.01. The zero-order valence-electron chi connectivity index (χ0n) is 9.81. The minimum atomic E-state index is -4.86. The normalized spacial score (nSPS) is 12.5. The Morgan fingerprint density at radius 3 is 1.55 bits per heavy atom. The van der Waals surface area contributed by atoms with Gasteiger partial charge in [-0.15, -0.1) is 0 Å². The molecule has 105 valence electrons. The summed E-state index contributed by atoms with van der Waals surface area (Å²) < 4.78 is 77.6. The molecule has 0 saturated heterocycles. The maximum atomic E-state index is 12.9. The molecular formula is C14H7F6. The first-order valence-corrected chi connectivity index (χ1v) is 5.45. The van der Waals surface area contributed by atoms with Crippen molar-refractivity contribution in [1.29, 1.82) is 0 Å². The molecule has 0 aliphatic rings. The second kappa shape index (κ2) is 4.85. The van der Waals surface area contributed by atoms with Gasteiger partial charge in [0.2, 0.25) is 0 Å². The predicted molar refractivity (Wildman–Crippen MR) is 60.7 cm³/mol. The Kier molecular flexibility index (Phi) is 3.50. The molecule has 0 atom stereocenters. The average molecular weight is 289 g/mol. The van der Waals surface area contributed by atoms with Gasteiger partial charge in [0.15, 0.2) is 0 Å². The van der Waals surface area contributed by atoms with Crippen molar-refractivity contribution in [2.24, 2.45) is 0 Å². The zero-order valence-corrected chi connectivity index (χ0v) is 9.81. The summed E-state index contributed by atoms with van der Waals surface area (Å²) in [6, 6.07) is 9.46. The fraction of sp³-hybridized carbons (Fsp3) is 0.143. The summed E-state index contributed by atoms with van der Waals surface area (Å²) in [6.45, 7) is 0. The minimum absolute atomic E-state index is 0.149. The maximum absolute atomic E-state index is 12.9. The molecular weight excluding hydrogens is 282 g/mol. The Hall–Kier alpha value is -1.98. The van der Waals surface area contributed by atoms with Crippen molar-refractivity contribution in [2.45, 2.75) is 12.4 Å². The highest BCUT2D eigenvalue weighted by Gasteiger charge is 2.40. The van der Waals surface area contributed by atoms with Crippen molar-refractivity contribution in [2.75, 3.05) is 0 Å². The van der Waals surface area contributed by atoms with Gasteiger partial charge in [-0.3, -0.25) is 0 Å². The van der Waals surface area contributed by atoms with Crippen LogP contribution in [0.4, 0.5) is 26.3 Å². The van der Waals surface area contributed by atoms with Crippen LogP contribution in [0.15, 0.2) is 42.5 Å². The molecule has 0 saturated carbocycles. The molecule has 20 heavy (non-hydrogen) atoms. The van der Waals surface area contributed by atoms with Gasteiger partial charge in [0, 0.05) is 5.56 Å². The lowest BCUT2D eigenvalue weighted by Crippen LogP contribution is -2.14. The van der Waals surface area contributed by atoms with Crippen LogP contribution in [0.1, 0.15) is 11.1 Å². The van der Waals surface area contributed by atoms with Crippen LogP contribution >= 0.6 is 0 Å². The Labute approximate surface area is 110 Å². The molecule has 0 aliphatic heterocycles. The van der Waals surface area contributed by atoms with Gasteiger partial charge in [0.1, 0.15) is 0 Å². The maximum Gasteiger partial charge on any atom is 0.417 e. The number of alkyl halides is 6. The van der Waals surface area contributed by atoms with E-state index in [0.717, 1.165) is 6.07 Å². The molecule has 1 radical (unpaired) electrons. The lowest BCUT2D eigenvalue weighted by Gasteiger charge is -2.18. The van der Waals surface area contributed by atoms with Gasteiger partial charge in [-0.2, -0.15) is 26.3 Å². The number of benzene rings is 2. The summed E-state index contributed by atoms with van der Waals surface area (Å²) in [6.07, 6.45) is -9.73. The summed E-state index contributed by atoms with van der Waals surface area (Å²) in [4.78, 5) is 0. The number of hydrogen-bond acceptors (Lipinski definition) is 0. The SMILES string of the molecule is FC(F)(F)c1cccc(C(F)(F)F)c1-c1cc[c]cc1. The van der Waals surface area contributed by atoms with E-state index in [1.165, 1.54) is 24.3 Å². The van der Waals surface area contributed by atoms with Crippen LogP contribution in [0.5, 0.6) is 0 Å². The van der Waals surface area contributed by atoms with E-state index in [2.05, 4.69) is 6.07 Å². The number of halogens is 6. The van der Waals surface area contributed by atoms with E-state index in [1.54, 1.807) is 0 Å². The van der Waals surface area contributed by atoms with E-state index in [0.29, 0.717) is 12.1 Å². The topological polar surface area (TPSA) is 0 Å². The molecule has 0 N–H and O–H groups in total. The summed E-state index contributed by atoms with van der Waals surface area (Å²) >= 11 is 0. The molecule has 0 aromatic heterocycles. The highest BCUT2D eigenvalue weighted by atomic mass is 19.4. The van der Waals surface area contributed by atoms with Crippen molar-refractivity contribution < 1.29 is 26.3 Å². The third-order valence-corrected chi connectivity index (χ3v) is 2.68. The fourth-order valence-electron chi connectivity index (χ4n) is 1.89. The van der Waals surface area contributed by atoms with Crippen molar-refractivity contribution in [3.05, 3.63) is 59.7 Å². The summed E-state index contributed by atoms with van der Waals surface area (Å²) in [5.41, 5.74) is -3.62. The third kappa shape index (κ3) is 2.79. The van der Waals surface area contributed by atoms with Crippen LogP contribution in [0.25, 0.3) is 11.1 Å². The molecule has 0 bridgehead atoms. The van der Waals surface area contributed by atoms with Crippen LogP contribution in [0.3, 0.4) is 0 Å². The van der Waals surface area contributed by atoms with Gasteiger partial charge in [0.25, 0.3) is 0 Å². The molecule has 2 aromatic rings. The highest BCUT2D eigenvalue weighted by Crippen LogP contribution is 2.44. The largest absolute Gasteiger partial charge is 0.417 e. The van der Waals surface area contributed by atoms with Gasteiger partial charge in [-0.25, -0.2) is 0 Å². The molecule has 6 heteroatoms. The lowest BCUT2D eigenvalue weighted by molar-refractivity contribution is -0.142. The molecule has 0 unspecified atom stereocenters. The van der Waals surface area contributed by atoms with Gasteiger partial charge < -0.3 is 0 Å². The Bertz CT molecular complexity index is 563. The Morgan fingerprint density at radius 2 is 1.15 bits per heavy atom. The standard InChI is InChI=1S/C14H7F6/c15-13(16,17)10-7-4-8-11(14(18,19)20)12(10)9-5-2-1-3-6-9/h2-8H. The minimum Gasteiger partial charge on any atom is -0.166 e. The first-order chi connectivity index (χ1) is 9.21. The molecule has 2 aromatic carbocycles. The van der Waals surface area contributed by atoms with Crippen molar-refractivity contribution in [3.8, 4) is 11.1 Å². The smallest absolute Gasteiger partial charge is 0.166 e. The van der Waals surface area contributed by atoms with E-state index in [-0.39, 0.29) is 5.56 Å². The Balaban J connectivity index is 2.80. The van der Waals surface area contributed by atoms with Crippen LogP contribution < -0.4 is 0 Å². The quantitative estimate of drug-likeness (QED) is 0.634. The van der Waals surface area contributed by atoms with Gasteiger partial charge >= 0.3 is 12.4 Å². The van der Waals surface area contributed by atoms with E-state index < -0.39 is 29.0 Å². The van der Waals surface area contributed by atoms with E-state index in [4.69, 9.17) is 0 Å². The lowest BCUT2D eigenvalue weighted by atomic mass is 9.93.